The van der Waals surface area contributed by atoms with Crippen LogP contribution in [0.4, 0.5) is 4.39 Å². The van der Waals surface area contributed by atoms with Gasteiger partial charge in [-0.15, -0.1) is 0 Å². The van der Waals surface area contributed by atoms with Crippen LogP contribution < -0.4 is 4.74 Å². The highest BCUT2D eigenvalue weighted by atomic mass is 19.1. The molecule has 0 aliphatic rings. The van der Waals surface area contributed by atoms with E-state index in [4.69, 9.17) is 9.47 Å². The van der Waals surface area contributed by atoms with Crippen LogP contribution in [0, 0.1) is 5.82 Å². The molecule has 0 spiro atoms. The van der Waals surface area contributed by atoms with E-state index < -0.39 is 0 Å². The molecule has 2 heterocycles. The molecule has 108 valence electrons. The molecule has 0 aliphatic carbocycles. The SMILES string of the molecule is COCc1cn2cc(-c3ccccc3F)c(OC)cc2n1. The van der Waals surface area contributed by atoms with Crippen molar-refractivity contribution in [3.8, 4) is 16.9 Å². The van der Waals surface area contributed by atoms with Gasteiger partial charge in [0, 0.05) is 36.7 Å². The lowest BCUT2D eigenvalue weighted by atomic mass is 10.1. The van der Waals surface area contributed by atoms with Crippen LogP contribution in [-0.4, -0.2) is 23.6 Å². The van der Waals surface area contributed by atoms with E-state index in [9.17, 15) is 4.39 Å². The predicted molar refractivity (Wildman–Crippen MR) is 77.9 cm³/mol. The van der Waals surface area contributed by atoms with Crippen LogP contribution in [0.5, 0.6) is 5.75 Å². The zero-order chi connectivity index (χ0) is 14.8. The van der Waals surface area contributed by atoms with E-state index in [0.29, 0.717) is 23.5 Å². The van der Waals surface area contributed by atoms with Gasteiger partial charge < -0.3 is 13.9 Å². The Balaban J connectivity index is 2.19. The number of fused-ring (bicyclic) bond motifs is 1. The highest BCUT2D eigenvalue weighted by molar-refractivity contribution is 5.72. The second kappa shape index (κ2) is 5.54. The van der Waals surface area contributed by atoms with Gasteiger partial charge in [-0.05, 0) is 6.07 Å². The molecule has 0 N–H and O–H groups in total. The predicted octanol–water partition coefficient (Wildman–Crippen LogP) is 3.30. The molecule has 0 atom stereocenters. The van der Waals surface area contributed by atoms with Crippen LogP contribution in [0.25, 0.3) is 16.8 Å². The summed E-state index contributed by atoms with van der Waals surface area (Å²) in [6.45, 7) is 0.430. The first-order chi connectivity index (χ1) is 10.2. The summed E-state index contributed by atoms with van der Waals surface area (Å²) >= 11 is 0. The molecule has 0 amide bonds. The second-order valence-electron chi connectivity index (χ2n) is 4.67. The van der Waals surface area contributed by atoms with Gasteiger partial charge in [0.1, 0.15) is 17.2 Å². The van der Waals surface area contributed by atoms with E-state index in [0.717, 1.165) is 11.3 Å². The van der Waals surface area contributed by atoms with Gasteiger partial charge in [0.25, 0.3) is 0 Å². The maximum absolute atomic E-state index is 14.0. The van der Waals surface area contributed by atoms with Gasteiger partial charge in [-0.1, -0.05) is 18.2 Å². The van der Waals surface area contributed by atoms with E-state index >= 15 is 0 Å². The topological polar surface area (TPSA) is 35.8 Å². The van der Waals surface area contributed by atoms with Crippen LogP contribution in [0.1, 0.15) is 5.69 Å². The third-order valence-corrected chi connectivity index (χ3v) is 3.28. The lowest BCUT2D eigenvalue weighted by molar-refractivity contribution is 0.182. The summed E-state index contributed by atoms with van der Waals surface area (Å²) in [6, 6.07) is 8.42. The first-order valence-corrected chi connectivity index (χ1v) is 6.52. The third-order valence-electron chi connectivity index (χ3n) is 3.28. The van der Waals surface area contributed by atoms with Gasteiger partial charge in [0.15, 0.2) is 0 Å². The van der Waals surface area contributed by atoms with Crippen molar-refractivity contribution < 1.29 is 13.9 Å². The van der Waals surface area contributed by atoms with E-state index in [1.807, 2.05) is 16.8 Å². The molecule has 4 nitrogen and oxygen atoms in total. The summed E-state index contributed by atoms with van der Waals surface area (Å²) in [6.07, 6.45) is 3.68. The molecular weight excluding hydrogens is 271 g/mol. The van der Waals surface area contributed by atoms with Crippen LogP contribution >= 0.6 is 0 Å². The van der Waals surface area contributed by atoms with E-state index in [-0.39, 0.29) is 5.82 Å². The zero-order valence-electron chi connectivity index (χ0n) is 11.8. The quantitative estimate of drug-likeness (QED) is 0.738. The average molecular weight is 286 g/mol. The number of halogens is 1. The molecule has 0 aliphatic heterocycles. The van der Waals surface area contributed by atoms with Crippen LogP contribution in [-0.2, 0) is 11.3 Å². The number of imidazole rings is 1. The summed E-state index contributed by atoms with van der Waals surface area (Å²) in [7, 11) is 3.19. The summed E-state index contributed by atoms with van der Waals surface area (Å²) in [5.74, 6) is 0.301. The highest BCUT2D eigenvalue weighted by Crippen LogP contribution is 2.32. The zero-order valence-corrected chi connectivity index (χ0v) is 11.8. The van der Waals surface area contributed by atoms with Crippen LogP contribution in [0.15, 0.2) is 42.7 Å². The van der Waals surface area contributed by atoms with Gasteiger partial charge >= 0.3 is 0 Å². The van der Waals surface area contributed by atoms with Crippen LogP contribution in [0.3, 0.4) is 0 Å². The maximum Gasteiger partial charge on any atom is 0.140 e. The van der Waals surface area contributed by atoms with Crippen molar-refractivity contribution in [2.45, 2.75) is 6.61 Å². The molecule has 0 saturated carbocycles. The number of hydrogen-bond acceptors (Lipinski definition) is 3. The first-order valence-electron chi connectivity index (χ1n) is 6.52. The van der Waals surface area contributed by atoms with E-state index in [2.05, 4.69) is 4.98 Å². The molecule has 0 bridgehead atoms. The van der Waals surface area contributed by atoms with E-state index in [1.54, 1.807) is 38.5 Å². The molecule has 0 radical (unpaired) electrons. The fraction of sp³-hybridized carbons (Fsp3) is 0.188. The average Bonchev–Trinajstić information content (AvgIpc) is 2.88. The minimum Gasteiger partial charge on any atom is -0.496 e. The number of rotatable bonds is 4. The Hall–Kier alpha value is -2.40. The number of pyridine rings is 1. The Labute approximate surface area is 121 Å². The largest absolute Gasteiger partial charge is 0.496 e. The molecule has 5 heteroatoms. The van der Waals surface area contributed by atoms with Gasteiger partial charge in [0.2, 0.25) is 0 Å². The maximum atomic E-state index is 14.0. The Morgan fingerprint density at radius 1 is 1.14 bits per heavy atom. The number of methoxy groups -OCH3 is 2. The monoisotopic (exact) mass is 286 g/mol. The van der Waals surface area contributed by atoms with Crippen molar-refractivity contribution in [3.05, 3.63) is 54.2 Å². The summed E-state index contributed by atoms with van der Waals surface area (Å²) in [5.41, 5.74) is 2.73. The number of aromatic nitrogens is 2. The molecule has 0 saturated heterocycles. The van der Waals surface area contributed by atoms with Crippen molar-refractivity contribution >= 4 is 5.65 Å². The molecular formula is C16H15FN2O2. The molecule has 2 aromatic heterocycles. The van der Waals surface area contributed by atoms with Gasteiger partial charge in [-0.25, -0.2) is 9.37 Å². The minimum absolute atomic E-state index is 0.285. The Morgan fingerprint density at radius 2 is 1.95 bits per heavy atom. The smallest absolute Gasteiger partial charge is 0.140 e. The molecule has 0 fully saturated rings. The molecule has 21 heavy (non-hydrogen) atoms. The van der Waals surface area contributed by atoms with Crippen molar-refractivity contribution in [3.63, 3.8) is 0 Å². The molecule has 1 aromatic carbocycles. The van der Waals surface area contributed by atoms with Gasteiger partial charge in [0.05, 0.1) is 19.4 Å². The highest BCUT2D eigenvalue weighted by Gasteiger charge is 2.13. The van der Waals surface area contributed by atoms with Gasteiger partial charge in [-0.3, -0.25) is 0 Å². The lowest BCUT2D eigenvalue weighted by Crippen LogP contribution is -1.94. The summed E-state index contributed by atoms with van der Waals surface area (Å²) in [5, 5.41) is 0. The molecule has 3 rings (SSSR count). The fourth-order valence-electron chi connectivity index (χ4n) is 2.34. The second-order valence-corrected chi connectivity index (χ2v) is 4.67. The first kappa shape index (κ1) is 13.6. The van der Waals surface area contributed by atoms with Gasteiger partial charge in [-0.2, -0.15) is 0 Å². The van der Waals surface area contributed by atoms with Crippen molar-refractivity contribution in [1.29, 1.82) is 0 Å². The lowest BCUT2D eigenvalue weighted by Gasteiger charge is -2.10. The Bertz CT molecular complexity index is 783. The molecule has 0 unspecified atom stereocenters. The fourth-order valence-corrected chi connectivity index (χ4v) is 2.34. The third kappa shape index (κ3) is 2.48. The standard InChI is InChI=1S/C16H15FN2O2/c1-20-10-11-8-19-9-13(12-5-3-4-6-14(12)17)15(21-2)7-16(19)18-11/h3-9H,10H2,1-2H3. The Morgan fingerprint density at radius 3 is 2.67 bits per heavy atom. The van der Waals surface area contributed by atoms with Crippen molar-refractivity contribution in [1.82, 2.24) is 9.38 Å². The number of ether oxygens (including phenoxy) is 2. The normalized spacial score (nSPS) is 11.0. The minimum atomic E-state index is -0.285. The van der Waals surface area contributed by atoms with E-state index in [1.165, 1.54) is 6.07 Å². The van der Waals surface area contributed by atoms with Crippen molar-refractivity contribution in [2.24, 2.45) is 0 Å². The summed E-state index contributed by atoms with van der Waals surface area (Å²) in [4.78, 5) is 4.43. The number of nitrogens with zero attached hydrogens (tertiary/aromatic N) is 2. The number of benzene rings is 1. The Kier molecular flexibility index (Phi) is 3.58. The van der Waals surface area contributed by atoms with Crippen molar-refractivity contribution in [2.75, 3.05) is 14.2 Å². The summed E-state index contributed by atoms with van der Waals surface area (Å²) < 4.78 is 26.3. The van der Waals surface area contributed by atoms with Crippen LogP contribution in [0.2, 0.25) is 0 Å². The number of hydrogen-bond donors (Lipinski definition) is 0. The molecule has 3 aromatic rings.